The molecule has 124 valence electrons. The lowest BCUT2D eigenvalue weighted by Crippen LogP contribution is -2.12. The second-order valence-corrected chi connectivity index (χ2v) is 6.50. The molecule has 0 saturated heterocycles. The van der Waals surface area contributed by atoms with E-state index in [9.17, 15) is 9.18 Å². The van der Waals surface area contributed by atoms with Crippen LogP contribution in [0.25, 0.3) is 16.3 Å². The number of benzene rings is 1. The van der Waals surface area contributed by atoms with Gasteiger partial charge < -0.3 is 5.32 Å². The number of alkyl halides is 1. The van der Waals surface area contributed by atoms with Gasteiger partial charge in [0.05, 0.1) is 10.0 Å². The minimum Gasteiger partial charge on any atom is -0.301 e. The Hall–Kier alpha value is -1.74. The Kier molecular flexibility index (Phi) is 5.00. The van der Waals surface area contributed by atoms with Crippen LogP contribution in [0.5, 0.6) is 0 Å². The Bertz CT molecular complexity index is 899. The zero-order valence-electron chi connectivity index (χ0n) is 11.6. The van der Waals surface area contributed by atoms with Crippen molar-refractivity contribution in [2.45, 2.75) is 0 Å². The third kappa shape index (κ3) is 3.36. The Morgan fingerprint density at radius 2 is 2.12 bits per heavy atom. The molecule has 0 atom stereocenters. The SMILES string of the molecule is O=C(CCl)Nc1nc(-c2cc(F)c(Cl)cc2Cl)c(-n2cncn2)s1. The van der Waals surface area contributed by atoms with Crippen LogP contribution >= 0.6 is 46.1 Å². The number of amides is 1. The summed E-state index contributed by atoms with van der Waals surface area (Å²) in [6.07, 6.45) is 2.79. The second-order valence-electron chi connectivity index (χ2n) is 4.44. The van der Waals surface area contributed by atoms with Crippen LogP contribution in [0, 0.1) is 5.82 Å². The third-order valence-electron chi connectivity index (χ3n) is 2.87. The molecule has 0 fully saturated rings. The van der Waals surface area contributed by atoms with Crippen molar-refractivity contribution in [3.8, 4) is 16.3 Å². The molecule has 6 nitrogen and oxygen atoms in total. The maximum Gasteiger partial charge on any atom is 0.241 e. The lowest BCUT2D eigenvalue weighted by Gasteiger charge is -2.05. The van der Waals surface area contributed by atoms with E-state index < -0.39 is 11.7 Å². The molecule has 2 heterocycles. The number of rotatable bonds is 4. The first-order chi connectivity index (χ1) is 11.5. The maximum absolute atomic E-state index is 13.9. The molecule has 0 aliphatic rings. The summed E-state index contributed by atoms with van der Waals surface area (Å²) in [4.78, 5) is 19.6. The van der Waals surface area contributed by atoms with Crippen LogP contribution in [0.4, 0.5) is 9.52 Å². The topological polar surface area (TPSA) is 72.7 Å². The molecule has 0 aliphatic carbocycles. The van der Waals surface area contributed by atoms with Crippen LogP contribution in [0.15, 0.2) is 24.8 Å². The van der Waals surface area contributed by atoms with Crippen LogP contribution in [0.2, 0.25) is 10.0 Å². The molecule has 1 aromatic carbocycles. The van der Waals surface area contributed by atoms with Crippen LogP contribution in [0.1, 0.15) is 0 Å². The summed E-state index contributed by atoms with van der Waals surface area (Å²) in [7, 11) is 0. The van der Waals surface area contributed by atoms with E-state index in [4.69, 9.17) is 34.8 Å². The van der Waals surface area contributed by atoms with Crippen LogP contribution in [-0.2, 0) is 4.79 Å². The second kappa shape index (κ2) is 7.02. The Morgan fingerprint density at radius 3 is 2.79 bits per heavy atom. The predicted molar refractivity (Wildman–Crippen MR) is 91.8 cm³/mol. The summed E-state index contributed by atoms with van der Waals surface area (Å²) in [5, 5.41) is 7.45. The smallest absolute Gasteiger partial charge is 0.241 e. The van der Waals surface area contributed by atoms with E-state index in [1.165, 1.54) is 29.5 Å². The number of hydrogen-bond acceptors (Lipinski definition) is 5. The van der Waals surface area contributed by atoms with Crippen molar-refractivity contribution >= 4 is 57.2 Å². The molecule has 0 radical (unpaired) electrons. The maximum atomic E-state index is 13.9. The zero-order valence-corrected chi connectivity index (χ0v) is 14.7. The Balaban J connectivity index is 2.15. The van der Waals surface area contributed by atoms with Crippen LogP contribution in [-0.4, -0.2) is 31.5 Å². The van der Waals surface area contributed by atoms with E-state index in [0.29, 0.717) is 16.3 Å². The van der Waals surface area contributed by atoms with Crippen molar-refractivity contribution < 1.29 is 9.18 Å². The van der Waals surface area contributed by atoms with Gasteiger partial charge in [0.15, 0.2) is 5.13 Å². The van der Waals surface area contributed by atoms with Crippen molar-refractivity contribution in [3.63, 3.8) is 0 Å². The van der Waals surface area contributed by atoms with Crippen LogP contribution < -0.4 is 5.32 Å². The molecule has 0 saturated carbocycles. The van der Waals surface area contributed by atoms with Gasteiger partial charge in [-0.05, 0) is 12.1 Å². The molecule has 0 bridgehead atoms. The summed E-state index contributed by atoms with van der Waals surface area (Å²) >= 11 is 18.5. The van der Waals surface area contributed by atoms with Crippen molar-refractivity contribution in [3.05, 3.63) is 40.6 Å². The van der Waals surface area contributed by atoms with Gasteiger partial charge in [-0.2, -0.15) is 5.10 Å². The summed E-state index contributed by atoms with van der Waals surface area (Å²) in [6.45, 7) is 0. The average molecular weight is 407 g/mol. The summed E-state index contributed by atoms with van der Waals surface area (Å²) < 4.78 is 15.3. The highest BCUT2D eigenvalue weighted by molar-refractivity contribution is 7.18. The fourth-order valence-corrected chi connectivity index (χ4v) is 3.33. The lowest BCUT2D eigenvalue weighted by molar-refractivity contribution is -0.113. The number of thiazole rings is 1. The molecule has 0 spiro atoms. The Morgan fingerprint density at radius 1 is 1.33 bits per heavy atom. The summed E-state index contributed by atoms with van der Waals surface area (Å²) in [6, 6.07) is 2.46. The van der Waals surface area contributed by atoms with Gasteiger partial charge in [-0.1, -0.05) is 34.5 Å². The molecule has 24 heavy (non-hydrogen) atoms. The highest BCUT2D eigenvalue weighted by atomic mass is 35.5. The first-order valence-electron chi connectivity index (χ1n) is 6.36. The van der Waals surface area contributed by atoms with Gasteiger partial charge in [0, 0.05) is 5.56 Å². The number of carbonyl (C=O) groups is 1. The quantitative estimate of drug-likeness (QED) is 0.525. The van der Waals surface area contributed by atoms with Crippen molar-refractivity contribution in [1.82, 2.24) is 19.7 Å². The number of halogens is 4. The normalized spacial score (nSPS) is 10.8. The predicted octanol–water partition coefficient (Wildman–Crippen LogP) is 4.01. The molecular formula is C13H7Cl3FN5OS. The average Bonchev–Trinajstić information content (AvgIpc) is 3.20. The van der Waals surface area contributed by atoms with Gasteiger partial charge in [-0.15, -0.1) is 11.6 Å². The van der Waals surface area contributed by atoms with Gasteiger partial charge in [0.1, 0.15) is 35.0 Å². The minimum absolute atomic E-state index is 0.100. The van der Waals surface area contributed by atoms with E-state index in [1.807, 2.05) is 0 Å². The zero-order chi connectivity index (χ0) is 17.3. The van der Waals surface area contributed by atoms with Crippen LogP contribution in [0.3, 0.4) is 0 Å². The van der Waals surface area contributed by atoms with Crippen molar-refractivity contribution in [2.75, 3.05) is 11.2 Å². The van der Waals surface area contributed by atoms with Gasteiger partial charge in [-0.25, -0.2) is 19.0 Å². The van der Waals surface area contributed by atoms with Crippen molar-refractivity contribution in [1.29, 1.82) is 0 Å². The summed E-state index contributed by atoms with van der Waals surface area (Å²) in [5.41, 5.74) is 0.641. The van der Waals surface area contributed by atoms with Gasteiger partial charge in [0.2, 0.25) is 5.91 Å². The van der Waals surface area contributed by atoms with E-state index >= 15 is 0 Å². The molecular weight excluding hydrogens is 400 g/mol. The highest BCUT2D eigenvalue weighted by Crippen LogP contribution is 2.39. The molecule has 3 rings (SSSR count). The first-order valence-corrected chi connectivity index (χ1v) is 8.47. The lowest BCUT2D eigenvalue weighted by atomic mass is 10.1. The van der Waals surface area contributed by atoms with E-state index in [2.05, 4.69) is 20.4 Å². The van der Waals surface area contributed by atoms with E-state index in [0.717, 1.165) is 11.3 Å². The molecule has 11 heteroatoms. The first kappa shape index (κ1) is 17.1. The fourth-order valence-electron chi connectivity index (χ4n) is 1.87. The van der Waals surface area contributed by atoms with Crippen molar-refractivity contribution in [2.24, 2.45) is 0 Å². The molecule has 3 aromatic rings. The monoisotopic (exact) mass is 405 g/mol. The van der Waals surface area contributed by atoms with Gasteiger partial charge >= 0.3 is 0 Å². The molecule has 1 amide bonds. The highest BCUT2D eigenvalue weighted by Gasteiger charge is 2.20. The third-order valence-corrected chi connectivity index (χ3v) is 4.67. The van der Waals surface area contributed by atoms with E-state index in [-0.39, 0.29) is 21.1 Å². The minimum atomic E-state index is -0.639. The Labute approximate surface area is 154 Å². The number of nitrogens with one attached hydrogen (secondary N) is 1. The largest absolute Gasteiger partial charge is 0.301 e. The number of hydrogen-bond donors (Lipinski definition) is 1. The van der Waals surface area contributed by atoms with Gasteiger partial charge in [0.25, 0.3) is 0 Å². The number of carbonyl (C=O) groups excluding carboxylic acids is 1. The summed E-state index contributed by atoms with van der Waals surface area (Å²) in [5.74, 6) is -1.28. The fraction of sp³-hybridized carbons (Fsp3) is 0.0769. The molecule has 0 aliphatic heterocycles. The number of anilines is 1. The molecule has 0 unspecified atom stereocenters. The molecule has 2 aromatic heterocycles. The number of aromatic nitrogens is 4. The molecule has 1 N–H and O–H groups in total. The number of nitrogens with zero attached hydrogens (tertiary/aromatic N) is 4. The van der Waals surface area contributed by atoms with E-state index in [1.54, 1.807) is 0 Å². The van der Waals surface area contributed by atoms with Gasteiger partial charge in [-0.3, -0.25) is 4.79 Å². The standard InChI is InChI=1S/C13H7Cl3FN5OS/c14-3-10(23)20-13-21-11(12(24-13)22-5-18-4-19-22)6-1-9(17)8(16)2-7(6)15/h1-2,4-5H,3H2,(H,20,21,23).